The molecule has 31 heavy (non-hydrogen) atoms. The number of aryl methyl sites for hydroxylation is 1. The number of rotatable bonds is 5. The van der Waals surface area contributed by atoms with Crippen LogP contribution in [0.15, 0.2) is 75.0 Å². The molecular formula is C23H16BrCl2N3O2. The third kappa shape index (κ3) is 4.82. The van der Waals surface area contributed by atoms with Crippen molar-refractivity contribution < 1.29 is 4.74 Å². The van der Waals surface area contributed by atoms with Gasteiger partial charge in [0.1, 0.15) is 18.2 Å². The molecule has 0 aliphatic heterocycles. The zero-order chi connectivity index (χ0) is 22.0. The predicted molar refractivity (Wildman–Crippen MR) is 129 cm³/mol. The number of hydrogen-bond acceptors (Lipinski definition) is 4. The van der Waals surface area contributed by atoms with E-state index in [0.717, 1.165) is 15.6 Å². The molecule has 3 aromatic carbocycles. The van der Waals surface area contributed by atoms with E-state index in [9.17, 15) is 4.79 Å². The van der Waals surface area contributed by atoms with Gasteiger partial charge in [0, 0.05) is 15.1 Å². The molecule has 156 valence electrons. The van der Waals surface area contributed by atoms with Crippen molar-refractivity contribution in [2.24, 2.45) is 5.10 Å². The van der Waals surface area contributed by atoms with E-state index in [0.29, 0.717) is 39.1 Å². The second-order valence-corrected chi connectivity index (χ2v) is 8.48. The van der Waals surface area contributed by atoms with Crippen molar-refractivity contribution in [2.75, 3.05) is 0 Å². The number of halogens is 3. The number of benzene rings is 3. The number of nitrogens with zero attached hydrogens (tertiary/aromatic N) is 3. The smallest absolute Gasteiger partial charge is 0.282 e. The summed E-state index contributed by atoms with van der Waals surface area (Å²) in [5, 5.41) is 5.87. The van der Waals surface area contributed by atoms with Crippen LogP contribution in [-0.4, -0.2) is 15.9 Å². The third-order valence-corrected chi connectivity index (χ3v) is 5.75. The van der Waals surface area contributed by atoms with Crippen LogP contribution in [0, 0.1) is 6.92 Å². The van der Waals surface area contributed by atoms with Gasteiger partial charge in [-0.15, -0.1) is 0 Å². The largest absolute Gasteiger partial charge is 0.487 e. The number of ether oxygens (including phenoxy) is 1. The highest BCUT2D eigenvalue weighted by Gasteiger charge is 2.09. The second kappa shape index (κ2) is 9.22. The molecule has 1 heterocycles. The molecular weight excluding hydrogens is 501 g/mol. The van der Waals surface area contributed by atoms with E-state index in [1.54, 1.807) is 37.4 Å². The van der Waals surface area contributed by atoms with Gasteiger partial charge >= 0.3 is 0 Å². The predicted octanol–water partition coefficient (Wildman–Crippen LogP) is 6.24. The van der Waals surface area contributed by atoms with E-state index in [4.69, 9.17) is 27.9 Å². The summed E-state index contributed by atoms with van der Waals surface area (Å²) in [7, 11) is 0. The molecule has 4 aromatic rings. The lowest BCUT2D eigenvalue weighted by Crippen LogP contribution is -2.20. The summed E-state index contributed by atoms with van der Waals surface area (Å²) in [5.74, 6) is 1.02. The van der Waals surface area contributed by atoms with Gasteiger partial charge in [0.2, 0.25) is 0 Å². The highest BCUT2D eigenvalue weighted by Crippen LogP contribution is 2.27. The fourth-order valence-electron chi connectivity index (χ4n) is 3.01. The molecule has 0 bridgehead atoms. The van der Waals surface area contributed by atoms with Gasteiger partial charge in [0.15, 0.2) is 0 Å². The molecule has 0 aliphatic carbocycles. The SMILES string of the molecule is Cc1nc2ccc(Br)cc2c(=O)n1N=Cc1ccc(OCc2ccccc2Cl)c(Cl)c1. The quantitative estimate of drug-likeness (QED) is 0.295. The van der Waals surface area contributed by atoms with Gasteiger partial charge < -0.3 is 4.74 Å². The Morgan fingerprint density at radius 2 is 1.90 bits per heavy atom. The first-order valence-electron chi connectivity index (χ1n) is 9.31. The van der Waals surface area contributed by atoms with E-state index in [-0.39, 0.29) is 5.56 Å². The van der Waals surface area contributed by atoms with Crippen molar-refractivity contribution in [2.45, 2.75) is 13.5 Å². The molecule has 0 aliphatic rings. The fourth-order valence-corrected chi connectivity index (χ4v) is 3.80. The molecule has 0 saturated heterocycles. The molecule has 0 spiro atoms. The van der Waals surface area contributed by atoms with Crippen LogP contribution < -0.4 is 10.3 Å². The summed E-state index contributed by atoms with van der Waals surface area (Å²) < 4.78 is 7.86. The van der Waals surface area contributed by atoms with Gasteiger partial charge in [0.25, 0.3) is 5.56 Å². The highest BCUT2D eigenvalue weighted by molar-refractivity contribution is 9.10. The minimum absolute atomic E-state index is 0.245. The Balaban J connectivity index is 1.57. The van der Waals surface area contributed by atoms with Crippen molar-refractivity contribution in [3.8, 4) is 5.75 Å². The fraction of sp³-hybridized carbons (Fsp3) is 0.0870. The molecule has 0 unspecified atom stereocenters. The lowest BCUT2D eigenvalue weighted by atomic mass is 10.2. The Kier molecular flexibility index (Phi) is 6.41. The molecule has 0 atom stereocenters. The molecule has 0 radical (unpaired) electrons. The van der Waals surface area contributed by atoms with Crippen molar-refractivity contribution in [3.63, 3.8) is 0 Å². The molecule has 8 heteroatoms. The second-order valence-electron chi connectivity index (χ2n) is 6.75. The first kappa shape index (κ1) is 21.6. The van der Waals surface area contributed by atoms with Crippen molar-refractivity contribution >= 4 is 56.2 Å². The first-order chi connectivity index (χ1) is 14.9. The molecule has 1 aromatic heterocycles. The Labute approximate surface area is 197 Å². The maximum Gasteiger partial charge on any atom is 0.282 e. The first-order valence-corrected chi connectivity index (χ1v) is 10.9. The average Bonchev–Trinajstić information content (AvgIpc) is 2.74. The van der Waals surface area contributed by atoms with Gasteiger partial charge in [-0.2, -0.15) is 9.78 Å². The van der Waals surface area contributed by atoms with E-state index in [1.807, 2.05) is 36.4 Å². The molecule has 4 rings (SSSR count). The third-order valence-electron chi connectivity index (χ3n) is 4.59. The lowest BCUT2D eigenvalue weighted by molar-refractivity contribution is 0.306. The van der Waals surface area contributed by atoms with E-state index < -0.39 is 0 Å². The molecule has 0 N–H and O–H groups in total. The van der Waals surface area contributed by atoms with Gasteiger partial charge in [-0.05, 0) is 55.0 Å². The minimum atomic E-state index is -0.245. The van der Waals surface area contributed by atoms with Gasteiger partial charge in [0.05, 0.1) is 22.1 Å². The van der Waals surface area contributed by atoms with Crippen LogP contribution in [0.2, 0.25) is 10.0 Å². The van der Waals surface area contributed by atoms with Crippen LogP contribution in [-0.2, 0) is 6.61 Å². The van der Waals surface area contributed by atoms with E-state index in [2.05, 4.69) is 26.0 Å². The Morgan fingerprint density at radius 3 is 2.68 bits per heavy atom. The zero-order valence-electron chi connectivity index (χ0n) is 16.3. The number of aromatic nitrogens is 2. The standard InChI is InChI=1S/C23H16BrCl2N3O2/c1-14-28-21-8-7-17(24)11-18(21)23(30)29(14)27-12-15-6-9-22(20(26)10-15)31-13-16-4-2-3-5-19(16)25/h2-12H,13H2,1H3. The summed E-state index contributed by atoms with van der Waals surface area (Å²) in [6.45, 7) is 2.04. The number of hydrogen-bond donors (Lipinski definition) is 0. The average molecular weight is 517 g/mol. The maximum absolute atomic E-state index is 12.8. The van der Waals surface area contributed by atoms with E-state index >= 15 is 0 Å². The van der Waals surface area contributed by atoms with Crippen molar-refractivity contribution in [1.29, 1.82) is 0 Å². The van der Waals surface area contributed by atoms with Crippen LogP contribution in [0.5, 0.6) is 5.75 Å². The topological polar surface area (TPSA) is 56.5 Å². The molecule has 0 saturated carbocycles. The Morgan fingerprint density at radius 1 is 1.10 bits per heavy atom. The van der Waals surface area contributed by atoms with Gasteiger partial charge in [-0.1, -0.05) is 57.3 Å². The van der Waals surface area contributed by atoms with Crippen LogP contribution in [0.1, 0.15) is 17.0 Å². The highest BCUT2D eigenvalue weighted by atomic mass is 79.9. The van der Waals surface area contributed by atoms with Crippen molar-refractivity contribution in [3.05, 3.63) is 102 Å². The van der Waals surface area contributed by atoms with Gasteiger partial charge in [-0.25, -0.2) is 4.98 Å². The minimum Gasteiger partial charge on any atom is -0.487 e. The Bertz CT molecular complexity index is 1370. The molecule has 0 amide bonds. The number of fused-ring (bicyclic) bond motifs is 1. The normalized spacial score (nSPS) is 11.4. The summed E-state index contributed by atoms with van der Waals surface area (Å²) in [6, 6.07) is 18.1. The van der Waals surface area contributed by atoms with Crippen LogP contribution in [0.25, 0.3) is 10.9 Å². The summed E-state index contributed by atoms with van der Waals surface area (Å²) in [5.41, 5.74) is 1.97. The Hall–Kier alpha value is -2.67. The lowest BCUT2D eigenvalue weighted by Gasteiger charge is -2.10. The molecule has 5 nitrogen and oxygen atoms in total. The summed E-state index contributed by atoms with van der Waals surface area (Å²) >= 11 is 15.9. The summed E-state index contributed by atoms with van der Waals surface area (Å²) in [4.78, 5) is 17.3. The monoisotopic (exact) mass is 515 g/mol. The zero-order valence-corrected chi connectivity index (χ0v) is 19.4. The maximum atomic E-state index is 12.8. The van der Waals surface area contributed by atoms with Crippen LogP contribution in [0.3, 0.4) is 0 Å². The van der Waals surface area contributed by atoms with Gasteiger partial charge in [-0.3, -0.25) is 4.79 Å². The van der Waals surface area contributed by atoms with E-state index in [1.165, 1.54) is 4.68 Å². The van der Waals surface area contributed by atoms with Crippen LogP contribution >= 0.6 is 39.1 Å². The molecule has 0 fully saturated rings. The summed E-state index contributed by atoms with van der Waals surface area (Å²) in [6.07, 6.45) is 1.56. The van der Waals surface area contributed by atoms with Crippen molar-refractivity contribution in [1.82, 2.24) is 9.66 Å². The van der Waals surface area contributed by atoms with Crippen LogP contribution in [0.4, 0.5) is 0 Å².